The first kappa shape index (κ1) is 24.0. The minimum absolute atomic E-state index is 0.0641. The quantitative estimate of drug-likeness (QED) is 0.375. The summed E-state index contributed by atoms with van der Waals surface area (Å²) in [5.74, 6) is -0.0641. The third-order valence-electron chi connectivity index (χ3n) is 6.00. The largest absolute Gasteiger partial charge is 0.352 e. The molecule has 3 nitrogen and oxygen atoms in total. The fourth-order valence-corrected chi connectivity index (χ4v) is 4.12. The summed E-state index contributed by atoms with van der Waals surface area (Å²) in [5, 5.41) is 4.36. The van der Waals surface area contributed by atoms with E-state index in [0.29, 0.717) is 12.1 Å². The molecular weight excluding hydrogens is 428 g/mol. The monoisotopic (exact) mass is 460 g/mol. The zero-order valence-corrected chi connectivity index (χ0v) is 20.2. The van der Waals surface area contributed by atoms with Crippen molar-refractivity contribution in [3.8, 4) is 11.1 Å². The molecule has 0 unspecified atom stereocenters. The number of nitrogens with zero attached hydrogens (tertiary/aromatic N) is 1. The van der Waals surface area contributed by atoms with Crippen LogP contribution in [-0.4, -0.2) is 17.0 Å². The van der Waals surface area contributed by atoms with E-state index in [9.17, 15) is 4.79 Å². The van der Waals surface area contributed by atoms with Gasteiger partial charge in [-0.25, -0.2) is 0 Å². The summed E-state index contributed by atoms with van der Waals surface area (Å²) in [4.78, 5) is 12.8. The Labute approximate surface area is 208 Å². The van der Waals surface area contributed by atoms with Gasteiger partial charge >= 0.3 is 0 Å². The molecule has 0 atom stereocenters. The van der Waals surface area contributed by atoms with E-state index in [2.05, 4.69) is 71.5 Å². The van der Waals surface area contributed by atoms with Gasteiger partial charge in [0.15, 0.2) is 0 Å². The van der Waals surface area contributed by atoms with Crippen molar-refractivity contribution in [2.24, 2.45) is 0 Å². The van der Waals surface area contributed by atoms with Crippen molar-refractivity contribution in [3.63, 3.8) is 0 Å². The summed E-state index contributed by atoms with van der Waals surface area (Å²) in [5.41, 5.74) is 5.69. The van der Waals surface area contributed by atoms with Gasteiger partial charge < -0.3 is 9.88 Å². The van der Waals surface area contributed by atoms with Crippen LogP contribution < -0.4 is 5.32 Å². The summed E-state index contributed by atoms with van der Waals surface area (Å²) in [7, 11) is 0. The molecule has 35 heavy (non-hydrogen) atoms. The van der Waals surface area contributed by atoms with E-state index in [4.69, 9.17) is 0 Å². The number of amides is 1. The fraction of sp³-hybridized carbons (Fsp3) is 0.156. The predicted molar refractivity (Wildman–Crippen MR) is 148 cm³/mol. The number of rotatable bonds is 7. The molecule has 0 spiro atoms. The molecule has 176 valence electrons. The average molecular weight is 461 g/mol. The van der Waals surface area contributed by atoms with Gasteiger partial charge in [-0.1, -0.05) is 98.0 Å². The van der Waals surface area contributed by atoms with Crippen LogP contribution in [0, 0.1) is 0 Å². The van der Waals surface area contributed by atoms with Gasteiger partial charge in [-0.05, 0) is 48.3 Å². The van der Waals surface area contributed by atoms with Gasteiger partial charge in [0, 0.05) is 41.3 Å². The summed E-state index contributed by atoms with van der Waals surface area (Å²) in [6.07, 6.45) is 25.2. The second-order valence-electron chi connectivity index (χ2n) is 8.44. The lowest BCUT2D eigenvalue weighted by molar-refractivity contribution is -0.117. The van der Waals surface area contributed by atoms with Gasteiger partial charge in [0.05, 0.1) is 0 Å². The first-order valence-corrected chi connectivity index (χ1v) is 12.3. The van der Waals surface area contributed by atoms with E-state index >= 15 is 0 Å². The average Bonchev–Trinajstić information content (AvgIpc) is 3.25. The molecule has 3 aromatic rings. The summed E-state index contributed by atoms with van der Waals surface area (Å²) in [6, 6.07) is 17.3. The minimum Gasteiger partial charge on any atom is -0.352 e. The van der Waals surface area contributed by atoms with Crippen LogP contribution in [0.4, 0.5) is 0 Å². The first-order chi connectivity index (χ1) is 17.3. The smallest absolute Gasteiger partial charge is 0.251 e. The number of benzene rings is 2. The van der Waals surface area contributed by atoms with Crippen LogP contribution in [0.15, 0.2) is 127 Å². The van der Waals surface area contributed by atoms with Crippen molar-refractivity contribution in [2.75, 3.05) is 6.54 Å². The molecule has 0 fully saturated rings. The molecule has 4 rings (SSSR count). The highest BCUT2D eigenvalue weighted by Crippen LogP contribution is 2.31. The second-order valence-corrected chi connectivity index (χ2v) is 8.44. The topological polar surface area (TPSA) is 34.0 Å². The van der Waals surface area contributed by atoms with Crippen molar-refractivity contribution >= 4 is 16.8 Å². The maximum Gasteiger partial charge on any atom is 0.251 e. The molecule has 1 aliphatic rings. The van der Waals surface area contributed by atoms with Crippen molar-refractivity contribution < 1.29 is 4.79 Å². The highest BCUT2D eigenvalue weighted by atomic mass is 16.1. The molecule has 0 saturated carbocycles. The Morgan fingerprint density at radius 1 is 0.857 bits per heavy atom. The van der Waals surface area contributed by atoms with E-state index in [1.54, 1.807) is 0 Å². The Bertz CT molecular complexity index is 1330. The van der Waals surface area contributed by atoms with E-state index in [1.807, 2.05) is 66.8 Å². The highest BCUT2D eigenvalue weighted by molar-refractivity contribution is 5.97. The SMILES string of the molecule is CCc1ccc2c(c1)c(-c1ccccc1)cn2CCCNC(=O)C1=C\C=C/C=C\C=C/C=C\C=C1. The zero-order valence-electron chi connectivity index (χ0n) is 20.2. The van der Waals surface area contributed by atoms with Crippen molar-refractivity contribution in [1.29, 1.82) is 0 Å². The number of nitrogens with one attached hydrogen (secondary N) is 1. The number of allylic oxidation sites excluding steroid dienone is 10. The van der Waals surface area contributed by atoms with Crippen molar-refractivity contribution in [3.05, 3.63) is 133 Å². The number of hydrogen-bond donors (Lipinski definition) is 1. The molecule has 3 heteroatoms. The van der Waals surface area contributed by atoms with Crippen LogP contribution in [0.2, 0.25) is 0 Å². The lowest BCUT2D eigenvalue weighted by Crippen LogP contribution is -2.26. The van der Waals surface area contributed by atoms with Crippen LogP contribution in [0.3, 0.4) is 0 Å². The lowest BCUT2D eigenvalue weighted by atomic mass is 10.0. The van der Waals surface area contributed by atoms with Gasteiger partial charge in [0.1, 0.15) is 0 Å². The third-order valence-corrected chi connectivity index (χ3v) is 6.00. The van der Waals surface area contributed by atoms with E-state index in [1.165, 1.54) is 27.6 Å². The zero-order chi connectivity index (χ0) is 24.3. The molecular formula is C32H32N2O. The molecule has 1 aliphatic carbocycles. The molecule has 0 aliphatic heterocycles. The lowest BCUT2D eigenvalue weighted by Gasteiger charge is -2.08. The van der Waals surface area contributed by atoms with Gasteiger partial charge in [-0.3, -0.25) is 4.79 Å². The Kier molecular flexibility index (Phi) is 8.50. The number of aromatic nitrogens is 1. The molecule has 1 heterocycles. The number of carbonyl (C=O) groups is 1. The Balaban J connectivity index is 1.44. The summed E-state index contributed by atoms with van der Waals surface area (Å²) >= 11 is 0. The normalized spacial score (nSPS) is 17.1. The minimum atomic E-state index is -0.0641. The summed E-state index contributed by atoms with van der Waals surface area (Å²) < 4.78 is 2.31. The Morgan fingerprint density at radius 2 is 1.57 bits per heavy atom. The van der Waals surface area contributed by atoms with E-state index in [0.717, 1.165) is 19.4 Å². The van der Waals surface area contributed by atoms with Gasteiger partial charge in [-0.15, -0.1) is 0 Å². The van der Waals surface area contributed by atoms with E-state index < -0.39 is 0 Å². The first-order valence-electron chi connectivity index (χ1n) is 12.3. The van der Waals surface area contributed by atoms with Crippen LogP contribution in [-0.2, 0) is 17.8 Å². The predicted octanol–water partition coefficient (Wildman–Crippen LogP) is 7.10. The molecule has 0 bridgehead atoms. The molecule has 1 amide bonds. The van der Waals surface area contributed by atoms with Crippen LogP contribution in [0.5, 0.6) is 0 Å². The van der Waals surface area contributed by atoms with Crippen LogP contribution in [0.25, 0.3) is 22.0 Å². The van der Waals surface area contributed by atoms with Crippen molar-refractivity contribution in [2.45, 2.75) is 26.3 Å². The maximum absolute atomic E-state index is 12.8. The fourth-order valence-electron chi connectivity index (χ4n) is 4.12. The van der Waals surface area contributed by atoms with Crippen LogP contribution in [0.1, 0.15) is 18.9 Å². The standard InChI is InChI=1S/C32H32N2O/c1-2-26-20-21-31-29(24-26)30(27-16-13-10-14-17-27)25-34(31)23-15-22-33-32(35)28-18-11-8-6-4-3-5-7-9-12-19-28/h3-14,16-21,24-25H,2,15,22-23H2,1H3,(H,33,35)/b4-3-,5-3?,6-4?,7-5-,8-6-,9-7?,11-8?,12-9-,18-11?,19-12?,28-18?,28-19?. The number of aryl methyl sites for hydroxylation is 2. The molecule has 0 radical (unpaired) electrons. The van der Waals surface area contributed by atoms with Gasteiger partial charge in [-0.2, -0.15) is 0 Å². The molecule has 2 aromatic carbocycles. The second kappa shape index (κ2) is 12.4. The van der Waals surface area contributed by atoms with Gasteiger partial charge in [0.25, 0.3) is 5.91 Å². The van der Waals surface area contributed by atoms with Crippen LogP contribution >= 0.6 is 0 Å². The third kappa shape index (κ3) is 6.48. The molecule has 0 saturated heterocycles. The highest BCUT2D eigenvalue weighted by Gasteiger charge is 2.11. The molecule has 1 N–H and O–H groups in total. The number of fused-ring (bicyclic) bond motifs is 1. The Hall–Kier alpha value is -4.11. The van der Waals surface area contributed by atoms with Gasteiger partial charge in [0.2, 0.25) is 0 Å². The molecule has 1 aromatic heterocycles. The van der Waals surface area contributed by atoms with E-state index in [-0.39, 0.29) is 5.91 Å². The number of carbonyl (C=O) groups excluding carboxylic acids is 1. The summed E-state index contributed by atoms with van der Waals surface area (Å²) in [6.45, 7) is 3.64. The number of hydrogen-bond acceptors (Lipinski definition) is 1. The Morgan fingerprint density at radius 3 is 2.31 bits per heavy atom. The van der Waals surface area contributed by atoms with Crippen molar-refractivity contribution in [1.82, 2.24) is 9.88 Å². The maximum atomic E-state index is 12.8.